The van der Waals surface area contributed by atoms with Crippen molar-refractivity contribution in [2.45, 2.75) is 45.2 Å². The largest absolute Gasteiger partial charge is 0.349 e. The Morgan fingerprint density at radius 3 is 2.67 bits per heavy atom. The van der Waals surface area contributed by atoms with Gasteiger partial charge in [0, 0.05) is 24.6 Å². The van der Waals surface area contributed by atoms with Crippen molar-refractivity contribution in [2.75, 3.05) is 0 Å². The lowest BCUT2D eigenvalue weighted by Gasteiger charge is -2.17. The molecule has 118 valence electrons. The first-order valence-corrected chi connectivity index (χ1v) is 6.73. The Balaban J connectivity index is 0.00000400. The number of benzene rings is 1. The van der Waals surface area contributed by atoms with Gasteiger partial charge in [0.25, 0.3) is 5.69 Å². The molecule has 0 radical (unpaired) electrons. The lowest BCUT2D eigenvalue weighted by molar-refractivity contribution is -0.384. The highest BCUT2D eigenvalue weighted by Crippen LogP contribution is 2.21. The number of hydrogen-bond donors (Lipinski definition) is 2. The smallest absolute Gasteiger partial charge is 0.269 e. The van der Waals surface area contributed by atoms with Crippen molar-refractivity contribution >= 4 is 24.0 Å². The van der Waals surface area contributed by atoms with Crippen LogP contribution in [0.25, 0.3) is 0 Å². The molecule has 0 aliphatic heterocycles. The molecule has 1 amide bonds. The summed E-state index contributed by atoms with van der Waals surface area (Å²) in [6, 6.07) is 6.12. The molecule has 21 heavy (non-hydrogen) atoms. The van der Waals surface area contributed by atoms with Gasteiger partial charge in [-0.25, -0.2) is 0 Å². The Morgan fingerprint density at radius 2 is 2.14 bits per heavy atom. The Bertz CT molecular complexity index is 480. The molecule has 0 aromatic heterocycles. The van der Waals surface area contributed by atoms with E-state index in [2.05, 4.69) is 5.32 Å². The summed E-state index contributed by atoms with van der Waals surface area (Å²) in [6.07, 6.45) is 1.66. The maximum absolute atomic E-state index is 11.8. The predicted octanol–water partition coefficient (Wildman–Crippen LogP) is 2.71. The Hall–Kier alpha value is -1.66. The summed E-state index contributed by atoms with van der Waals surface area (Å²) < 4.78 is 0. The minimum atomic E-state index is -0.436. The number of carbonyl (C=O) groups excluding carboxylic acids is 1. The number of non-ortho nitro benzene ring substituents is 1. The SMILES string of the molecule is CCC(NC(=O)CCC(C)N)c1cccc([N+](=O)[O-])c1.Cl. The molecule has 0 spiro atoms. The van der Waals surface area contributed by atoms with Gasteiger partial charge in [-0.3, -0.25) is 14.9 Å². The standard InChI is InChI=1S/C14H21N3O3.ClH/c1-3-13(16-14(18)8-7-10(2)15)11-5-4-6-12(9-11)17(19)20;/h4-6,9-10,13H,3,7-8,15H2,1-2H3,(H,16,18);1H. The zero-order valence-electron chi connectivity index (χ0n) is 12.2. The highest BCUT2D eigenvalue weighted by molar-refractivity contribution is 5.85. The first-order chi connectivity index (χ1) is 9.43. The number of amides is 1. The van der Waals surface area contributed by atoms with E-state index in [4.69, 9.17) is 5.73 Å². The first-order valence-electron chi connectivity index (χ1n) is 6.73. The maximum Gasteiger partial charge on any atom is 0.269 e. The number of nitro benzene ring substituents is 1. The van der Waals surface area contributed by atoms with Gasteiger partial charge in [-0.15, -0.1) is 12.4 Å². The third-order valence-corrected chi connectivity index (χ3v) is 3.05. The van der Waals surface area contributed by atoms with Crippen LogP contribution < -0.4 is 11.1 Å². The Labute approximate surface area is 130 Å². The van der Waals surface area contributed by atoms with Gasteiger partial charge in [0.15, 0.2) is 0 Å². The molecule has 0 aliphatic carbocycles. The van der Waals surface area contributed by atoms with Gasteiger partial charge in [0.2, 0.25) is 5.91 Å². The Kier molecular flexibility index (Phi) is 8.57. The molecule has 2 atom stereocenters. The van der Waals surface area contributed by atoms with E-state index in [1.165, 1.54) is 12.1 Å². The van der Waals surface area contributed by atoms with Crippen molar-refractivity contribution in [3.8, 4) is 0 Å². The van der Waals surface area contributed by atoms with Crippen molar-refractivity contribution in [3.05, 3.63) is 39.9 Å². The Morgan fingerprint density at radius 1 is 1.48 bits per heavy atom. The van der Waals surface area contributed by atoms with Gasteiger partial charge in [-0.2, -0.15) is 0 Å². The van der Waals surface area contributed by atoms with Crippen LogP contribution in [0.5, 0.6) is 0 Å². The third kappa shape index (κ3) is 6.55. The van der Waals surface area contributed by atoms with E-state index < -0.39 is 4.92 Å². The van der Waals surface area contributed by atoms with Gasteiger partial charge < -0.3 is 11.1 Å². The normalized spacial score (nSPS) is 12.9. The van der Waals surface area contributed by atoms with E-state index in [1.54, 1.807) is 12.1 Å². The molecule has 0 saturated carbocycles. The van der Waals surface area contributed by atoms with Gasteiger partial charge in [-0.1, -0.05) is 19.1 Å². The molecular formula is C14H22ClN3O3. The van der Waals surface area contributed by atoms with Gasteiger partial charge in [0.1, 0.15) is 0 Å². The summed E-state index contributed by atoms with van der Waals surface area (Å²) in [5.74, 6) is -0.0827. The number of nitro groups is 1. The number of carbonyl (C=O) groups is 1. The number of halogens is 1. The van der Waals surface area contributed by atoms with Crippen molar-refractivity contribution in [2.24, 2.45) is 5.73 Å². The second-order valence-electron chi connectivity index (χ2n) is 4.90. The summed E-state index contributed by atoms with van der Waals surface area (Å²) in [5.41, 5.74) is 6.39. The van der Waals surface area contributed by atoms with Crippen LogP contribution in [0.15, 0.2) is 24.3 Å². The predicted molar refractivity (Wildman–Crippen MR) is 84.4 cm³/mol. The lowest BCUT2D eigenvalue weighted by Crippen LogP contribution is -2.29. The zero-order chi connectivity index (χ0) is 15.1. The van der Waals surface area contributed by atoms with Crippen LogP contribution in [0.2, 0.25) is 0 Å². The number of nitrogens with zero attached hydrogens (tertiary/aromatic N) is 1. The summed E-state index contributed by atoms with van der Waals surface area (Å²) >= 11 is 0. The maximum atomic E-state index is 11.8. The molecule has 2 unspecified atom stereocenters. The molecule has 0 heterocycles. The van der Waals surface area contributed by atoms with Crippen LogP contribution in [0.4, 0.5) is 5.69 Å². The molecule has 1 aromatic rings. The van der Waals surface area contributed by atoms with E-state index in [9.17, 15) is 14.9 Å². The van der Waals surface area contributed by atoms with E-state index in [1.807, 2.05) is 13.8 Å². The summed E-state index contributed by atoms with van der Waals surface area (Å²) in [7, 11) is 0. The first kappa shape index (κ1) is 19.3. The molecular weight excluding hydrogens is 294 g/mol. The van der Waals surface area contributed by atoms with Gasteiger partial charge in [0.05, 0.1) is 11.0 Å². The van der Waals surface area contributed by atoms with Crippen LogP contribution in [-0.4, -0.2) is 16.9 Å². The van der Waals surface area contributed by atoms with Crippen LogP contribution in [-0.2, 0) is 4.79 Å². The van der Waals surface area contributed by atoms with Crippen molar-refractivity contribution in [1.29, 1.82) is 0 Å². The van der Waals surface area contributed by atoms with Crippen LogP contribution in [0.1, 0.15) is 44.7 Å². The van der Waals surface area contributed by atoms with Crippen molar-refractivity contribution in [3.63, 3.8) is 0 Å². The highest BCUT2D eigenvalue weighted by Gasteiger charge is 2.15. The van der Waals surface area contributed by atoms with Gasteiger partial charge in [-0.05, 0) is 25.3 Å². The van der Waals surface area contributed by atoms with E-state index in [0.29, 0.717) is 19.3 Å². The molecule has 1 rings (SSSR count). The molecule has 3 N–H and O–H groups in total. The third-order valence-electron chi connectivity index (χ3n) is 3.05. The lowest BCUT2D eigenvalue weighted by atomic mass is 10.0. The monoisotopic (exact) mass is 315 g/mol. The summed E-state index contributed by atoms with van der Waals surface area (Å²) in [6.45, 7) is 3.78. The molecule has 1 aromatic carbocycles. The number of nitrogens with one attached hydrogen (secondary N) is 1. The van der Waals surface area contributed by atoms with Crippen LogP contribution in [0, 0.1) is 10.1 Å². The quantitative estimate of drug-likeness (QED) is 0.597. The molecule has 6 nitrogen and oxygen atoms in total. The van der Waals surface area contributed by atoms with E-state index >= 15 is 0 Å². The summed E-state index contributed by atoms with van der Waals surface area (Å²) in [4.78, 5) is 22.1. The topological polar surface area (TPSA) is 98.3 Å². The fourth-order valence-electron chi connectivity index (χ4n) is 1.90. The summed E-state index contributed by atoms with van der Waals surface area (Å²) in [5, 5.41) is 13.7. The molecule has 0 saturated heterocycles. The number of rotatable bonds is 7. The molecule has 0 aliphatic rings. The second-order valence-corrected chi connectivity index (χ2v) is 4.90. The van der Waals surface area contributed by atoms with E-state index in [-0.39, 0.29) is 36.1 Å². The average Bonchev–Trinajstić information content (AvgIpc) is 2.42. The van der Waals surface area contributed by atoms with Crippen molar-refractivity contribution in [1.82, 2.24) is 5.32 Å². The fourth-order valence-corrected chi connectivity index (χ4v) is 1.90. The second kappa shape index (κ2) is 9.31. The highest BCUT2D eigenvalue weighted by atomic mass is 35.5. The molecule has 0 fully saturated rings. The minimum Gasteiger partial charge on any atom is -0.349 e. The van der Waals surface area contributed by atoms with Gasteiger partial charge >= 0.3 is 0 Å². The number of hydrogen-bond acceptors (Lipinski definition) is 4. The molecule has 7 heteroatoms. The van der Waals surface area contributed by atoms with E-state index in [0.717, 1.165) is 5.56 Å². The molecule has 0 bridgehead atoms. The average molecular weight is 316 g/mol. The minimum absolute atomic E-state index is 0. The fraction of sp³-hybridized carbons (Fsp3) is 0.500. The zero-order valence-corrected chi connectivity index (χ0v) is 13.1. The van der Waals surface area contributed by atoms with Crippen molar-refractivity contribution < 1.29 is 9.72 Å². The van der Waals surface area contributed by atoms with Crippen LogP contribution in [0.3, 0.4) is 0 Å². The number of nitrogens with two attached hydrogens (primary N) is 1. The van der Waals surface area contributed by atoms with Crippen LogP contribution >= 0.6 is 12.4 Å².